The van der Waals surface area contributed by atoms with E-state index in [1.807, 2.05) is 7.05 Å². The van der Waals surface area contributed by atoms with Crippen molar-refractivity contribution in [3.05, 3.63) is 35.4 Å². The standard InChI is InChI=1S/C17H27NO/c1-5-13(2)14-7-9-15(10-8-14)16(18-4)17(3)11-6-12-19-17/h7-10,13,16,18H,5-6,11-12H2,1-4H3. The Morgan fingerprint density at radius 2 is 1.89 bits per heavy atom. The second-order valence-electron chi connectivity index (χ2n) is 5.96. The normalized spacial score (nSPS) is 26.3. The Labute approximate surface area is 117 Å². The topological polar surface area (TPSA) is 21.3 Å². The molecule has 1 saturated heterocycles. The number of rotatable bonds is 5. The van der Waals surface area contributed by atoms with E-state index in [2.05, 4.69) is 50.4 Å². The van der Waals surface area contributed by atoms with Gasteiger partial charge in [-0.25, -0.2) is 0 Å². The molecule has 106 valence electrons. The van der Waals surface area contributed by atoms with Crippen molar-refractivity contribution in [1.29, 1.82) is 0 Å². The zero-order chi connectivity index (χ0) is 13.9. The van der Waals surface area contributed by atoms with Crippen molar-refractivity contribution < 1.29 is 4.74 Å². The molecule has 1 aliphatic rings. The number of hydrogen-bond donors (Lipinski definition) is 1. The minimum atomic E-state index is -0.0629. The van der Waals surface area contributed by atoms with Crippen molar-refractivity contribution in [2.75, 3.05) is 13.7 Å². The lowest BCUT2D eigenvalue weighted by Crippen LogP contribution is -2.39. The van der Waals surface area contributed by atoms with Crippen LogP contribution in [0.3, 0.4) is 0 Å². The van der Waals surface area contributed by atoms with Gasteiger partial charge in [0.05, 0.1) is 11.6 Å². The number of likely N-dealkylation sites (N-methyl/N-ethyl adjacent to an activating group) is 1. The molecular weight excluding hydrogens is 234 g/mol. The van der Waals surface area contributed by atoms with E-state index in [-0.39, 0.29) is 11.6 Å². The van der Waals surface area contributed by atoms with Gasteiger partial charge in [-0.05, 0) is 50.3 Å². The van der Waals surface area contributed by atoms with Gasteiger partial charge in [0.15, 0.2) is 0 Å². The van der Waals surface area contributed by atoms with Gasteiger partial charge in [-0.2, -0.15) is 0 Å². The van der Waals surface area contributed by atoms with E-state index in [0.29, 0.717) is 5.92 Å². The van der Waals surface area contributed by atoms with E-state index in [9.17, 15) is 0 Å². The monoisotopic (exact) mass is 261 g/mol. The van der Waals surface area contributed by atoms with Crippen molar-refractivity contribution in [2.24, 2.45) is 0 Å². The lowest BCUT2D eigenvalue weighted by Gasteiger charge is -2.33. The molecule has 0 radical (unpaired) electrons. The van der Waals surface area contributed by atoms with Gasteiger partial charge in [-0.15, -0.1) is 0 Å². The molecule has 0 spiro atoms. The second-order valence-corrected chi connectivity index (χ2v) is 5.96. The maximum atomic E-state index is 5.98. The fourth-order valence-corrected chi connectivity index (χ4v) is 3.11. The third-order valence-electron chi connectivity index (χ3n) is 4.60. The van der Waals surface area contributed by atoms with E-state index < -0.39 is 0 Å². The Balaban J connectivity index is 2.19. The molecule has 2 nitrogen and oxygen atoms in total. The summed E-state index contributed by atoms with van der Waals surface area (Å²) in [6.07, 6.45) is 3.49. The Kier molecular flexibility index (Phi) is 4.64. The summed E-state index contributed by atoms with van der Waals surface area (Å²) in [5.74, 6) is 0.639. The Hall–Kier alpha value is -0.860. The Morgan fingerprint density at radius 3 is 2.37 bits per heavy atom. The van der Waals surface area contributed by atoms with Crippen LogP contribution in [-0.4, -0.2) is 19.3 Å². The van der Waals surface area contributed by atoms with E-state index in [0.717, 1.165) is 13.0 Å². The van der Waals surface area contributed by atoms with Crippen molar-refractivity contribution in [3.8, 4) is 0 Å². The van der Waals surface area contributed by atoms with Crippen molar-refractivity contribution in [1.82, 2.24) is 5.32 Å². The van der Waals surface area contributed by atoms with E-state index in [1.165, 1.54) is 24.0 Å². The van der Waals surface area contributed by atoms with Crippen LogP contribution < -0.4 is 5.32 Å². The average molecular weight is 261 g/mol. The summed E-state index contributed by atoms with van der Waals surface area (Å²) < 4.78 is 5.98. The third-order valence-corrected chi connectivity index (χ3v) is 4.60. The molecule has 3 unspecified atom stereocenters. The molecule has 2 heteroatoms. The molecule has 1 aromatic rings. The summed E-state index contributed by atoms with van der Waals surface area (Å²) in [5.41, 5.74) is 2.70. The molecule has 0 aromatic heterocycles. The van der Waals surface area contributed by atoms with Crippen LogP contribution in [0.2, 0.25) is 0 Å². The second kappa shape index (κ2) is 6.06. The van der Waals surface area contributed by atoms with Gasteiger partial charge in [0.2, 0.25) is 0 Å². The first kappa shape index (κ1) is 14.5. The maximum absolute atomic E-state index is 5.98. The predicted molar refractivity (Wildman–Crippen MR) is 80.5 cm³/mol. The SMILES string of the molecule is CCC(C)c1ccc(C(NC)C2(C)CCCO2)cc1. The van der Waals surface area contributed by atoms with E-state index >= 15 is 0 Å². The van der Waals surface area contributed by atoms with Gasteiger partial charge in [-0.3, -0.25) is 0 Å². The van der Waals surface area contributed by atoms with Crippen LogP contribution in [0.5, 0.6) is 0 Å². The van der Waals surface area contributed by atoms with Gasteiger partial charge in [-0.1, -0.05) is 38.1 Å². The van der Waals surface area contributed by atoms with Crippen LogP contribution >= 0.6 is 0 Å². The zero-order valence-corrected chi connectivity index (χ0v) is 12.7. The van der Waals surface area contributed by atoms with Crippen LogP contribution in [0.25, 0.3) is 0 Å². The van der Waals surface area contributed by atoms with Crippen LogP contribution in [0, 0.1) is 0 Å². The molecule has 1 aliphatic heterocycles. The van der Waals surface area contributed by atoms with Gasteiger partial charge in [0.1, 0.15) is 0 Å². The first-order valence-corrected chi connectivity index (χ1v) is 7.52. The summed E-state index contributed by atoms with van der Waals surface area (Å²) in [6, 6.07) is 9.34. The Bertz CT molecular complexity index is 392. The molecule has 1 fully saturated rings. The molecule has 0 aliphatic carbocycles. The summed E-state index contributed by atoms with van der Waals surface area (Å²) in [5, 5.41) is 3.44. The van der Waals surface area contributed by atoms with E-state index in [1.54, 1.807) is 0 Å². The van der Waals surface area contributed by atoms with Crippen LogP contribution in [-0.2, 0) is 4.74 Å². The van der Waals surface area contributed by atoms with Crippen molar-refractivity contribution in [3.63, 3.8) is 0 Å². The largest absolute Gasteiger partial charge is 0.373 e. The quantitative estimate of drug-likeness (QED) is 0.864. The number of hydrogen-bond acceptors (Lipinski definition) is 2. The zero-order valence-electron chi connectivity index (χ0n) is 12.7. The maximum Gasteiger partial charge on any atom is 0.0849 e. The lowest BCUT2D eigenvalue weighted by atomic mass is 9.86. The molecule has 3 atom stereocenters. The highest BCUT2D eigenvalue weighted by molar-refractivity contribution is 5.29. The fourth-order valence-electron chi connectivity index (χ4n) is 3.11. The first-order chi connectivity index (χ1) is 9.10. The first-order valence-electron chi connectivity index (χ1n) is 7.52. The van der Waals surface area contributed by atoms with Gasteiger partial charge in [0, 0.05) is 6.61 Å². The third kappa shape index (κ3) is 3.01. The number of nitrogens with one attached hydrogen (secondary N) is 1. The van der Waals surface area contributed by atoms with Crippen molar-refractivity contribution in [2.45, 2.75) is 57.6 Å². The molecule has 1 aromatic carbocycles. The molecule has 0 bridgehead atoms. The van der Waals surface area contributed by atoms with E-state index in [4.69, 9.17) is 4.74 Å². The smallest absolute Gasteiger partial charge is 0.0849 e. The highest BCUT2D eigenvalue weighted by Gasteiger charge is 2.38. The lowest BCUT2D eigenvalue weighted by molar-refractivity contribution is -0.0104. The van der Waals surface area contributed by atoms with Gasteiger partial charge >= 0.3 is 0 Å². The molecule has 1 heterocycles. The van der Waals surface area contributed by atoms with Crippen molar-refractivity contribution >= 4 is 0 Å². The number of benzene rings is 1. The molecule has 1 N–H and O–H groups in total. The predicted octanol–water partition coefficient (Wildman–Crippen LogP) is 4.03. The Morgan fingerprint density at radius 1 is 1.26 bits per heavy atom. The molecule has 0 amide bonds. The minimum absolute atomic E-state index is 0.0629. The molecular formula is C17H27NO. The van der Waals surface area contributed by atoms with Crippen LogP contribution in [0.15, 0.2) is 24.3 Å². The summed E-state index contributed by atoms with van der Waals surface area (Å²) in [4.78, 5) is 0. The fraction of sp³-hybridized carbons (Fsp3) is 0.647. The molecule has 2 rings (SSSR count). The van der Waals surface area contributed by atoms with Gasteiger partial charge in [0.25, 0.3) is 0 Å². The average Bonchev–Trinajstić information content (AvgIpc) is 2.87. The van der Waals surface area contributed by atoms with Gasteiger partial charge < -0.3 is 10.1 Å². The highest BCUT2D eigenvalue weighted by atomic mass is 16.5. The summed E-state index contributed by atoms with van der Waals surface area (Å²) in [7, 11) is 2.03. The van der Waals surface area contributed by atoms with Crippen LogP contribution in [0.4, 0.5) is 0 Å². The molecule has 19 heavy (non-hydrogen) atoms. The molecule has 0 saturated carbocycles. The number of ether oxygens (including phenoxy) is 1. The minimum Gasteiger partial charge on any atom is -0.373 e. The highest BCUT2D eigenvalue weighted by Crippen LogP contribution is 2.37. The van der Waals surface area contributed by atoms with Crippen LogP contribution in [0.1, 0.15) is 63.1 Å². The summed E-state index contributed by atoms with van der Waals surface area (Å²) >= 11 is 0. The summed E-state index contributed by atoms with van der Waals surface area (Å²) in [6.45, 7) is 7.64.